The Hall–Kier alpha value is -1.55. The average Bonchev–Trinajstić information content (AvgIpc) is 2.35. The van der Waals surface area contributed by atoms with Crippen molar-refractivity contribution >= 4 is 5.84 Å². The molecule has 0 saturated carbocycles. The maximum atomic E-state index is 8.56. The Morgan fingerprint density at radius 2 is 1.89 bits per heavy atom. The van der Waals surface area contributed by atoms with Gasteiger partial charge in [0.1, 0.15) is 0 Å². The minimum absolute atomic E-state index is 0.121. The highest BCUT2D eigenvalue weighted by molar-refractivity contribution is 5.96. The number of ether oxygens (including phenoxy) is 1. The van der Waals surface area contributed by atoms with Crippen molar-refractivity contribution < 1.29 is 9.94 Å². The van der Waals surface area contributed by atoms with E-state index in [0.29, 0.717) is 18.1 Å². The highest BCUT2D eigenvalue weighted by Gasteiger charge is 2.06. The van der Waals surface area contributed by atoms with Gasteiger partial charge in [0, 0.05) is 5.56 Å². The maximum absolute atomic E-state index is 8.56. The van der Waals surface area contributed by atoms with Gasteiger partial charge in [-0.05, 0) is 24.8 Å². The number of amidine groups is 1. The van der Waals surface area contributed by atoms with Crippen molar-refractivity contribution in [3.63, 3.8) is 0 Å². The van der Waals surface area contributed by atoms with Crippen LogP contribution < -0.4 is 5.73 Å². The van der Waals surface area contributed by atoms with Crippen LogP contribution in [0.15, 0.2) is 29.4 Å². The van der Waals surface area contributed by atoms with Crippen LogP contribution in [0, 0.1) is 5.92 Å². The van der Waals surface area contributed by atoms with E-state index in [1.54, 1.807) is 0 Å². The van der Waals surface area contributed by atoms with E-state index in [2.05, 4.69) is 25.9 Å². The molecule has 0 saturated heterocycles. The zero-order valence-electron chi connectivity index (χ0n) is 11.3. The van der Waals surface area contributed by atoms with Crippen molar-refractivity contribution in [2.45, 2.75) is 39.9 Å². The third-order valence-electron chi connectivity index (χ3n) is 2.70. The van der Waals surface area contributed by atoms with Crippen LogP contribution in [0.5, 0.6) is 0 Å². The van der Waals surface area contributed by atoms with E-state index in [9.17, 15) is 0 Å². The molecule has 18 heavy (non-hydrogen) atoms. The summed E-state index contributed by atoms with van der Waals surface area (Å²) >= 11 is 0. The number of nitrogens with zero attached hydrogens (tertiary/aromatic N) is 1. The molecule has 0 bridgehead atoms. The number of hydrogen-bond acceptors (Lipinski definition) is 3. The lowest BCUT2D eigenvalue weighted by atomic mass is 10.1. The minimum Gasteiger partial charge on any atom is -0.409 e. The first-order valence-electron chi connectivity index (χ1n) is 6.21. The zero-order chi connectivity index (χ0) is 13.5. The topological polar surface area (TPSA) is 67.8 Å². The molecule has 4 nitrogen and oxygen atoms in total. The fourth-order valence-corrected chi connectivity index (χ4v) is 1.80. The monoisotopic (exact) mass is 250 g/mol. The van der Waals surface area contributed by atoms with E-state index >= 15 is 0 Å². The summed E-state index contributed by atoms with van der Waals surface area (Å²) in [5, 5.41) is 11.5. The summed E-state index contributed by atoms with van der Waals surface area (Å²) in [4.78, 5) is 0. The van der Waals surface area contributed by atoms with E-state index in [4.69, 9.17) is 15.7 Å². The normalized spacial score (nSPS) is 13.9. The number of benzene rings is 1. The van der Waals surface area contributed by atoms with Gasteiger partial charge >= 0.3 is 0 Å². The van der Waals surface area contributed by atoms with E-state index < -0.39 is 0 Å². The molecular formula is C14H22N2O2. The summed E-state index contributed by atoms with van der Waals surface area (Å²) in [5.41, 5.74) is 7.28. The molecule has 3 N–H and O–H groups in total. The van der Waals surface area contributed by atoms with Crippen molar-refractivity contribution in [3.05, 3.63) is 35.4 Å². The molecule has 0 aromatic heterocycles. The zero-order valence-corrected chi connectivity index (χ0v) is 11.3. The Balaban J connectivity index is 2.49. The van der Waals surface area contributed by atoms with Crippen LogP contribution in [0.2, 0.25) is 0 Å². The quantitative estimate of drug-likeness (QED) is 0.353. The molecule has 0 radical (unpaired) electrons. The van der Waals surface area contributed by atoms with Gasteiger partial charge in [0.15, 0.2) is 5.84 Å². The Morgan fingerprint density at radius 3 is 2.39 bits per heavy atom. The molecule has 1 unspecified atom stereocenters. The number of hydrogen-bond donors (Lipinski definition) is 2. The van der Waals surface area contributed by atoms with E-state index in [0.717, 1.165) is 12.0 Å². The minimum atomic E-state index is 0.121. The Morgan fingerprint density at radius 1 is 1.28 bits per heavy atom. The molecule has 0 aliphatic heterocycles. The van der Waals surface area contributed by atoms with Crippen molar-refractivity contribution in [1.82, 2.24) is 0 Å². The van der Waals surface area contributed by atoms with Crippen molar-refractivity contribution in [1.29, 1.82) is 0 Å². The van der Waals surface area contributed by atoms with Gasteiger partial charge in [0.25, 0.3) is 0 Å². The predicted octanol–water partition coefficient (Wildman–Crippen LogP) is 2.73. The van der Waals surface area contributed by atoms with Crippen LogP contribution in [0.25, 0.3) is 0 Å². The van der Waals surface area contributed by atoms with Gasteiger partial charge in [-0.25, -0.2) is 0 Å². The van der Waals surface area contributed by atoms with Crippen LogP contribution in [0.4, 0.5) is 0 Å². The van der Waals surface area contributed by atoms with Crippen LogP contribution in [0.3, 0.4) is 0 Å². The second-order valence-corrected chi connectivity index (χ2v) is 4.93. The largest absolute Gasteiger partial charge is 0.409 e. The lowest BCUT2D eigenvalue weighted by Gasteiger charge is -2.15. The average molecular weight is 250 g/mol. The van der Waals surface area contributed by atoms with Crippen molar-refractivity contribution in [2.24, 2.45) is 16.8 Å². The van der Waals surface area contributed by atoms with Gasteiger partial charge < -0.3 is 15.7 Å². The lowest BCUT2D eigenvalue weighted by molar-refractivity contribution is 0.0397. The highest BCUT2D eigenvalue weighted by Crippen LogP contribution is 2.11. The van der Waals surface area contributed by atoms with E-state index in [-0.39, 0.29) is 11.9 Å². The molecule has 1 atom stereocenters. The first-order chi connectivity index (χ1) is 8.52. The number of nitrogens with two attached hydrogens (primary N) is 1. The molecule has 0 heterocycles. The predicted molar refractivity (Wildman–Crippen MR) is 72.7 cm³/mol. The molecule has 0 amide bonds. The Bertz CT molecular complexity index is 385. The first kappa shape index (κ1) is 14.5. The lowest BCUT2D eigenvalue weighted by Crippen LogP contribution is -2.13. The third-order valence-corrected chi connectivity index (χ3v) is 2.70. The molecule has 1 rings (SSSR count). The third kappa shape index (κ3) is 4.75. The van der Waals surface area contributed by atoms with Gasteiger partial charge in [-0.2, -0.15) is 0 Å². The van der Waals surface area contributed by atoms with Gasteiger partial charge in [0.05, 0.1) is 12.7 Å². The van der Waals surface area contributed by atoms with Gasteiger partial charge in [-0.3, -0.25) is 0 Å². The first-order valence-corrected chi connectivity index (χ1v) is 6.21. The molecule has 4 heteroatoms. The molecule has 0 aliphatic rings. The summed E-state index contributed by atoms with van der Waals surface area (Å²) in [6.07, 6.45) is 1.32. The molecular weight excluding hydrogens is 228 g/mol. The standard InChI is InChI=1S/C14H22N2O2/c1-10(2)8-11(3)18-9-12-4-6-13(7-5-12)14(15)16-17/h4-7,10-11,17H,8-9H2,1-3H3,(H2,15,16). The van der Waals surface area contributed by atoms with Gasteiger partial charge in [-0.15, -0.1) is 0 Å². The fourth-order valence-electron chi connectivity index (χ4n) is 1.80. The Kier molecular flexibility index (Phi) is 5.65. The van der Waals surface area contributed by atoms with Crippen LogP contribution >= 0.6 is 0 Å². The maximum Gasteiger partial charge on any atom is 0.170 e. The fraction of sp³-hybridized carbons (Fsp3) is 0.500. The Labute approximate surface area is 108 Å². The molecule has 0 aliphatic carbocycles. The summed E-state index contributed by atoms with van der Waals surface area (Å²) in [6, 6.07) is 7.49. The molecule has 100 valence electrons. The smallest absolute Gasteiger partial charge is 0.170 e. The number of oxime groups is 1. The van der Waals surface area contributed by atoms with E-state index in [1.807, 2.05) is 24.3 Å². The SMILES string of the molecule is CC(C)CC(C)OCc1ccc(/C(N)=N/O)cc1. The highest BCUT2D eigenvalue weighted by atomic mass is 16.5. The van der Waals surface area contributed by atoms with Crippen molar-refractivity contribution in [3.8, 4) is 0 Å². The van der Waals surface area contributed by atoms with Crippen LogP contribution in [0.1, 0.15) is 38.3 Å². The van der Waals surface area contributed by atoms with Crippen molar-refractivity contribution in [2.75, 3.05) is 0 Å². The summed E-state index contributed by atoms with van der Waals surface area (Å²) in [6.45, 7) is 7.05. The second-order valence-electron chi connectivity index (χ2n) is 4.93. The number of rotatable bonds is 6. The summed E-state index contributed by atoms with van der Waals surface area (Å²) in [7, 11) is 0. The molecule has 1 aromatic carbocycles. The molecule has 0 fully saturated rings. The summed E-state index contributed by atoms with van der Waals surface area (Å²) < 4.78 is 5.75. The van der Waals surface area contributed by atoms with E-state index in [1.165, 1.54) is 0 Å². The summed E-state index contributed by atoms with van der Waals surface area (Å²) in [5.74, 6) is 0.763. The van der Waals surface area contributed by atoms with Gasteiger partial charge in [-0.1, -0.05) is 43.3 Å². The molecule has 0 spiro atoms. The van der Waals surface area contributed by atoms with Crippen LogP contribution in [-0.2, 0) is 11.3 Å². The van der Waals surface area contributed by atoms with Crippen LogP contribution in [-0.4, -0.2) is 17.1 Å². The second kappa shape index (κ2) is 7.01. The molecule has 1 aromatic rings. The van der Waals surface area contributed by atoms with Gasteiger partial charge in [0.2, 0.25) is 0 Å².